The monoisotopic (exact) mass is 715 g/mol. The van der Waals surface area contributed by atoms with Crippen LogP contribution < -0.4 is 4.90 Å². The summed E-state index contributed by atoms with van der Waals surface area (Å²) in [5.41, 5.74) is 16.9. The molecule has 9 aromatic carbocycles. The maximum absolute atomic E-state index is 6.25. The number of nitrogens with zero attached hydrogens (tertiary/aromatic N) is 1. The zero-order valence-corrected chi connectivity index (χ0v) is 30.7. The highest BCUT2D eigenvalue weighted by atomic mass is 16.3. The van der Waals surface area contributed by atoms with Crippen molar-refractivity contribution >= 4 is 39.0 Å². The summed E-state index contributed by atoms with van der Waals surface area (Å²) in [4.78, 5) is 2.37. The number of anilines is 3. The van der Waals surface area contributed by atoms with Crippen LogP contribution >= 0.6 is 0 Å². The minimum atomic E-state index is 0.880. The minimum absolute atomic E-state index is 0.880. The lowest BCUT2D eigenvalue weighted by Gasteiger charge is -2.28. The quantitative estimate of drug-likeness (QED) is 0.156. The number of benzene rings is 9. The molecule has 0 aliphatic rings. The van der Waals surface area contributed by atoms with Gasteiger partial charge in [0, 0.05) is 27.7 Å². The van der Waals surface area contributed by atoms with Crippen LogP contribution in [0.5, 0.6) is 0 Å². The van der Waals surface area contributed by atoms with E-state index in [0.717, 1.165) is 50.1 Å². The molecule has 0 amide bonds. The van der Waals surface area contributed by atoms with Crippen molar-refractivity contribution < 1.29 is 4.42 Å². The van der Waals surface area contributed by atoms with Crippen LogP contribution in [0.25, 0.3) is 77.6 Å². The molecule has 0 spiro atoms. The summed E-state index contributed by atoms with van der Waals surface area (Å²) < 4.78 is 6.25. The number of hydrogen-bond acceptors (Lipinski definition) is 2. The molecule has 0 radical (unpaired) electrons. The number of fused-ring (bicyclic) bond motifs is 3. The van der Waals surface area contributed by atoms with E-state index in [1.54, 1.807) is 0 Å². The molecule has 56 heavy (non-hydrogen) atoms. The van der Waals surface area contributed by atoms with E-state index in [1.807, 2.05) is 12.1 Å². The third kappa shape index (κ3) is 6.04. The summed E-state index contributed by atoms with van der Waals surface area (Å²) in [6.07, 6.45) is 0. The smallest absolute Gasteiger partial charge is 0.135 e. The van der Waals surface area contributed by atoms with Crippen LogP contribution in [0.4, 0.5) is 17.1 Å². The first-order chi connectivity index (χ1) is 27.8. The molecule has 1 aromatic heterocycles. The van der Waals surface area contributed by atoms with Crippen LogP contribution in [0.2, 0.25) is 0 Å². The van der Waals surface area contributed by atoms with Crippen molar-refractivity contribution in [2.75, 3.05) is 4.90 Å². The zero-order valence-electron chi connectivity index (χ0n) is 30.7. The molecule has 0 aliphatic heterocycles. The molecule has 2 heteroatoms. The predicted molar refractivity (Wildman–Crippen MR) is 236 cm³/mol. The molecule has 0 aliphatic carbocycles. The number of rotatable bonds is 8. The van der Waals surface area contributed by atoms with Gasteiger partial charge in [-0.3, -0.25) is 0 Å². The zero-order chi connectivity index (χ0) is 37.3. The highest BCUT2D eigenvalue weighted by molar-refractivity contribution is 6.07. The molecule has 1 heterocycles. The van der Waals surface area contributed by atoms with Crippen molar-refractivity contribution in [3.05, 3.63) is 224 Å². The lowest BCUT2D eigenvalue weighted by molar-refractivity contribution is 0.669. The van der Waals surface area contributed by atoms with Gasteiger partial charge in [0.25, 0.3) is 0 Å². The molecule has 0 N–H and O–H groups in total. The SMILES string of the molecule is c1ccc(-c2ccccc2-c2ccccc2-c2ccccc2-c2ccc(N(c3ccc4oc5ccccc5c4c3)c3ccccc3-c3ccccc3)cc2)cc1. The normalized spacial score (nSPS) is 11.2. The summed E-state index contributed by atoms with van der Waals surface area (Å²) in [6.45, 7) is 0. The van der Waals surface area contributed by atoms with Crippen LogP contribution in [0.1, 0.15) is 0 Å². The molecule has 2 nitrogen and oxygen atoms in total. The highest BCUT2D eigenvalue weighted by Gasteiger charge is 2.20. The Morgan fingerprint density at radius 2 is 0.679 bits per heavy atom. The molecule has 264 valence electrons. The van der Waals surface area contributed by atoms with Gasteiger partial charge in [0.2, 0.25) is 0 Å². The number of para-hydroxylation sites is 2. The molecule has 0 saturated heterocycles. The van der Waals surface area contributed by atoms with Crippen molar-refractivity contribution in [2.45, 2.75) is 0 Å². The Bertz CT molecular complexity index is 2960. The van der Waals surface area contributed by atoms with Gasteiger partial charge < -0.3 is 9.32 Å². The molecule has 0 bridgehead atoms. The van der Waals surface area contributed by atoms with Gasteiger partial charge in [0.15, 0.2) is 0 Å². The lowest BCUT2D eigenvalue weighted by atomic mass is 9.87. The van der Waals surface area contributed by atoms with Gasteiger partial charge in [0.1, 0.15) is 11.2 Å². The topological polar surface area (TPSA) is 16.4 Å². The molecular formula is C54H37NO. The van der Waals surface area contributed by atoms with E-state index in [0.29, 0.717) is 0 Å². The van der Waals surface area contributed by atoms with Gasteiger partial charge in [0.05, 0.1) is 5.69 Å². The summed E-state index contributed by atoms with van der Waals surface area (Å²) in [5, 5.41) is 2.21. The van der Waals surface area contributed by atoms with Crippen LogP contribution in [-0.2, 0) is 0 Å². The molecular weight excluding hydrogens is 679 g/mol. The Morgan fingerprint density at radius 1 is 0.268 bits per heavy atom. The Kier molecular flexibility index (Phi) is 8.55. The van der Waals surface area contributed by atoms with Crippen LogP contribution in [0, 0.1) is 0 Å². The summed E-state index contributed by atoms with van der Waals surface area (Å²) >= 11 is 0. The van der Waals surface area contributed by atoms with Gasteiger partial charge in [-0.05, 0) is 92.5 Å². The summed E-state index contributed by atoms with van der Waals surface area (Å²) in [7, 11) is 0. The van der Waals surface area contributed by atoms with Crippen molar-refractivity contribution in [1.29, 1.82) is 0 Å². The van der Waals surface area contributed by atoms with Crippen molar-refractivity contribution in [3.8, 4) is 55.6 Å². The van der Waals surface area contributed by atoms with Crippen LogP contribution in [0.15, 0.2) is 229 Å². The fourth-order valence-electron chi connectivity index (χ4n) is 8.11. The Morgan fingerprint density at radius 3 is 1.29 bits per heavy atom. The van der Waals surface area contributed by atoms with E-state index in [4.69, 9.17) is 4.42 Å². The molecule has 0 fully saturated rings. The maximum atomic E-state index is 6.25. The second-order valence-corrected chi connectivity index (χ2v) is 14.0. The maximum Gasteiger partial charge on any atom is 0.135 e. The lowest BCUT2D eigenvalue weighted by Crippen LogP contribution is -2.11. The van der Waals surface area contributed by atoms with Crippen LogP contribution in [0.3, 0.4) is 0 Å². The molecule has 0 atom stereocenters. The van der Waals surface area contributed by atoms with Crippen LogP contribution in [-0.4, -0.2) is 0 Å². The molecule has 10 aromatic rings. The van der Waals surface area contributed by atoms with Gasteiger partial charge in [-0.15, -0.1) is 0 Å². The largest absolute Gasteiger partial charge is 0.456 e. The van der Waals surface area contributed by atoms with E-state index >= 15 is 0 Å². The molecule has 0 saturated carbocycles. The van der Waals surface area contributed by atoms with Crippen molar-refractivity contribution in [3.63, 3.8) is 0 Å². The average Bonchev–Trinajstić information content (AvgIpc) is 3.66. The standard InChI is InChI=1S/C54H37NO/c1-3-17-38(18-4-1)43-21-7-9-24-46(43)48-26-11-12-27-49(48)47-25-10-8-22-44(47)40-31-33-41(34-32-40)55(52-29-15-13-23-45(52)39-19-5-2-6-20-39)42-35-36-54-51(37-42)50-28-14-16-30-53(50)56-54/h1-37H. The Hall–Kier alpha value is -7.42. The van der Waals surface area contributed by atoms with E-state index in [9.17, 15) is 0 Å². The first-order valence-electron chi connectivity index (χ1n) is 19.1. The van der Waals surface area contributed by atoms with E-state index in [2.05, 4.69) is 217 Å². The number of furan rings is 1. The predicted octanol–water partition coefficient (Wildman–Crippen LogP) is 15.4. The fourth-order valence-corrected chi connectivity index (χ4v) is 8.11. The highest BCUT2D eigenvalue weighted by Crippen LogP contribution is 2.45. The molecule has 0 unspecified atom stereocenters. The second kappa shape index (κ2) is 14.4. The first-order valence-corrected chi connectivity index (χ1v) is 19.1. The Labute approximate surface area is 327 Å². The van der Waals surface area contributed by atoms with Crippen molar-refractivity contribution in [2.24, 2.45) is 0 Å². The average molecular weight is 716 g/mol. The van der Waals surface area contributed by atoms with E-state index < -0.39 is 0 Å². The van der Waals surface area contributed by atoms with Gasteiger partial charge in [-0.2, -0.15) is 0 Å². The van der Waals surface area contributed by atoms with Gasteiger partial charge in [-0.25, -0.2) is 0 Å². The molecule has 10 rings (SSSR count). The first kappa shape index (κ1) is 33.2. The van der Waals surface area contributed by atoms with Crippen molar-refractivity contribution in [1.82, 2.24) is 0 Å². The van der Waals surface area contributed by atoms with Gasteiger partial charge in [-0.1, -0.05) is 182 Å². The minimum Gasteiger partial charge on any atom is -0.456 e. The Balaban J connectivity index is 1.10. The number of hydrogen-bond donors (Lipinski definition) is 0. The summed E-state index contributed by atoms with van der Waals surface area (Å²) in [6, 6.07) is 80.1. The third-order valence-electron chi connectivity index (χ3n) is 10.7. The fraction of sp³-hybridized carbons (Fsp3) is 0. The van der Waals surface area contributed by atoms with E-state index in [-0.39, 0.29) is 0 Å². The summed E-state index contributed by atoms with van der Waals surface area (Å²) in [5.74, 6) is 0. The van der Waals surface area contributed by atoms with E-state index in [1.165, 1.54) is 44.5 Å². The third-order valence-corrected chi connectivity index (χ3v) is 10.7. The second-order valence-electron chi connectivity index (χ2n) is 14.0. The van der Waals surface area contributed by atoms with Gasteiger partial charge >= 0.3 is 0 Å².